The Morgan fingerprint density at radius 3 is 2.73 bits per heavy atom. The number of Topliss-reactive ketones (excluding diaryl/α,β-unsaturated/α-hetero) is 1. The molecule has 0 radical (unpaired) electrons. The predicted molar refractivity (Wildman–Crippen MR) is 102 cm³/mol. The Morgan fingerprint density at radius 2 is 2.15 bits per heavy atom. The molecule has 1 aromatic carbocycles. The van der Waals surface area contributed by atoms with Crippen molar-refractivity contribution in [3.05, 3.63) is 23.8 Å². The summed E-state index contributed by atoms with van der Waals surface area (Å²) in [6, 6.07) is 5.10. The summed E-state index contributed by atoms with van der Waals surface area (Å²) >= 11 is 1.45. The van der Waals surface area contributed by atoms with Gasteiger partial charge in [0, 0.05) is 25.0 Å². The first-order valence-electron chi connectivity index (χ1n) is 8.65. The number of hydrogen-bond donors (Lipinski definition) is 1. The van der Waals surface area contributed by atoms with Gasteiger partial charge in [-0.2, -0.15) is 0 Å². The highest BCUT2D eigenvalue weighted by atomic mass is 32.2. The second-order valence-corrected chi connectivity index (χ2v) is 8.38. The van der Waals surface area contributed by atoms with Crippen molar-refractivity contribution < 1.29 is 19.1 Å². The number of rotatable bonds is 3. The molecular weight excluding hydrogens is 352 g/mol. The van der Waals surface area contributed by atoms with Crippen LogP contribution >= 0.6 is 11.8 Å². The molecule has 140 valence electrons. The van der Waals surface area contributed by atoms with Crippen LogP contribution in [0.4, 0.5) is 0 Å². The summed E-state index contributed by atoms with van der Waals surface area (Å²) in [6.07, 6.45) is 1.41. The fourth-order valence-corrected chi connectivity index (χ4v) is 5.34. The quantitative estimate of drug-likeness (QED) is 0.877. The van der Waals surface area contributed by atoms with Crippen LogP contribution in [0.3, 0.4) is 0 Å². The molecule has 1 amide bonds. The van der Waals surface area contributed by atoms with E-state index in [2.05, 4.69) is 17.2 Å². The molecule has 0 fully saturated rings. The van der Waals surface area contributed by atoms with Gasteiger partial charge in [-0.1, -0.05) is 24.8 Å². The number of thioether (sulfide) groups is 1. The highest BCUT2D eigenvalue weighted by Gasteiger charge is 2.57. The lowest BCUT2D eigenvalue weighted by Gasteiger charge is -2.46. The molecule has 3 atom stereocenters. The molecule has 2 heterocycles. The maximum Gasteiger partial charge on any atom is 0.222 e. The Hall–Kier alpha value is -2.02. The average molecular weight is 376 g/mol. The number of carbonyl (C=O) groups is 2. The second kappa shape index (κ2) is 6.61. The van der Waals surface area contributed by atoms with Gasteiger partial charge in [-0.25, -0.2) is 4.99 Å². The van der Waals surface area contributed by atoms with Gasteiger partial charge in [0.25, 0.3) is 0 Å². The third-order valence-corrected chi connectivity index (χ3v) is 6.37. The molecule has 3 unspecified atom stereocenters. The molecule has 3 rings (SSSR count). The number of hydrogen-bond acceptors (Lipinski definition) is 6. The number of nitrogens with one attached hydrogen (secondary N) is 1. The lowest BCUT2D eigenvalue weighted by atomic mass is 9.76. The molecule has 0 bridgehead atoms. The summed E-state index contributed by atoms with van der Waals surface area (Å²) in [5.41, 5.74) is 0.472. The minimum absolute atomic E-state index is 0.0278. The number of aliphatic imine (C=N–C) groups is 1. The molecule has 26 heavy (non-hydrogen) atoms. The van der Waals surface area contributed by atoms with E-state index in [1.54, 1.807) is 14.0 Å². The summed E-state index contributed by atoms with van der Waals surface area (Å²) in [5.74, 6) is 1.18. The SMILES string of the molecule is CCC1(C)CC2(SC(NC(C)=O)=NC2C(C)=O)c2ccc(OC)cc2O1. The molecule has 0 saturated heterocycles. The van der Waals surface area contributed by atoms with E-state index < -0.39 is 16.4 Å². The predicted octanol–water partition coefficient (Wildman–Crippen LogP) is 3.04. The smallest absolute Gasteiger partial charge is 0.222 e. The summed E-state index contributed by atoms with van der Waals surface area (Å²) in [4.78, 5) is 28.6. The van der Waals surface area contributed by atoms with Crippen LogP contribution in [-0.4, -0.2) is 35.6 Å². The molecule has 1 spiro atoms. The molecule has 6 nitrogen and oxygen atoms in total. The van der Waals surface area contributed by atoms with Crippen LogP contribution in [-0.2, 0) is 14.3 Å². The van der Waals surface area contributed by atoms with Crippen molar-refractivity contribution in [1.29, 1.82) is 0 Å². The van der Waals surface area contributed by atoms with Crippen LogP contribution in [0.25, 0.3) is 0 Å². The first kappa shape index (κ1) is 18.8. The van der Waals surface area contributed by atoms with Gasteiger partial charge in [-0.15, -0.1) is 0 Å². The summed E-state index contributed by atoms with van der Waals surface area (Å²) in [5, 5.41) is 3.24. The fourth-order valence-electron chi connectivity index (χ4n) is 3.65. The number of amidine groups is 1. The van der Waals surface area contributed by atoms with Gasteiger partial charge in [0.15, 0.2) is 11.0 Å². The first-order valence-corrected chi connectivity index (χ1v) is 9.47. The van der Waals surface area contributed by atoms with E-state index in [1.165, 1.54) is 18.7 Å². The molecule has 1 aromatic rings. The minimum Gasteiger partial charge on any atom is -0.497 e. The Kier molecular flexibility index (Phi) is 4.77. The summed E-state index contributed by atoms with van der Waals surface area (Å²) in [7, 11) is 1.61. The maximum absolute atomic E-state index is 12.5. The number of carbonyl (C=O) groups excluding carboxylic acids is 2. The van der Waals surface area contributed by atoms with E-state index in [0.717, 1.165) is 12.0 Å². The second-order valence-electron chi connectivity index (χ2n) is 7.06. The third kappa shape index (κ3) is 3.09. The lowest BCUT2D eigenvalue weighted by molar-refractivity contribution is -0.120. The Labute approximate surface area is 157 Å². The monoisotopic (exact) mass is 376 g/mol. The molecule has 0 saturated carbocycles. The third-order valence-electron chi connectivity index (χ3n) is 5.02. The normalized spacial score (nSPS) is 29.6. The van der Waals surface area contributed by atoms with Crippen molar-refractivity contribution in [2.24, 2.45) is 4.99 Å². The fraction of sp³-hybridized carbons (Fsp3) is 0.526. The average Bonchev–Trinajstić information content (AvgIpc) is 2.91. The lowest BCUT2D eigenvalue weighted by Crippen LogP contribution is -2.50. The summed E-state index contributed by atoms with van der Waals surface area (Å²) < 4.78 is 11.0. The van der Waals surface area contributed by atoms with Crippen LogP contribution in [0.1, 0.15) is 46.1 Å². The molecule has 2 aliphatic heterocycles. The van der Waals surface area contributed by atoms with Crippen molar-refractivity contribution >= 4 is 28.6 Å². The maximum atomic E-state index is 12.5. The Balaban J connectivity index is 2.15. The number of methoxy groups -OCH3 is 1. The molecular formula is C19H24N2O4S. The zero-order chi connectivity index (χ0) is 19.1. The number of fused-ring (bicyclic) bond motifs is 2. The van der Waals surface area contributed by atoms with E-state index in [4.69, 9.17) is 9.47 Å². The van der Waals surface area contributed by atoms with Crippen molar-refractivity contribution in [2.75, 3.05) is 7.11 Å². The van der Waals surface area contributed by atoms with Gasteiger partial charge >= 0.3 is 0 Å². The van der Waals surface area contributed by atoms with Crippen molar-refractivity contribution in [2.45, 2.75) is 56.9 Å². The molecule has 7 heteroatoms. The highest BCUT2D eigenvalue weighted by Crippen LogP contribution is 2.58. The number of ketones is 1. The summed E-state index contributed by atoms with van der Waals surface area (Å²) in [6.45, 7) is 7.10. The molecule has 0 aliphatic carbocycles. The zero-order valence-electron chi connectivity index (χ0n) is 15.7. The van der Waals surface area contributed by atoms with Crippen molar-refractivity contribution in [1.82, 2.24) is 5.32 Å². The standard InChI is InChI=1S/C19H24N2O4S/c1-6-18(4)10-19(14-8-7-13(24-5)9-15(14)25-18)16(11(2)22)21-17(26-19)20-12(3)23/h7-9,16H,6,10H2,1-5H3,(H,20,21,23). The largest absolute Gasteiger partial charge is 0.497 e. The molecule has 2 aliphatic rings. The number of amides is 1. The van der Waals surface area contributed by atoms with Gasteiger partial charge in [-0.3, -0.25) is 9.59 Å². The van der Waals surface area contributed by atoms with E-state index >= 15 is 0 Å². The molecule has 0 aromatic heterocycles. The number of nitrogens with zero attached hydrogens (tertiary/aromatic N) is 1. The van der Waals surface area contributed by atoms with Crippen LogP contribution in [0, 0.1) is 0 Å². The minimum atomic E-state index is -0.603. The van der Waals surface area contributed by atoms with Gasteiger partial charge in [0.2, 0.25) is 5.91 Å². The van der Waals surface area contributed by atoms with Crippen LogP contribution in [0.2, 0.25) is 0 Å². The van der Waals surface area contributed by atoms with Gasteiger partial charge in [0.05, 0.1) is 11.9 Å². The molecule has 1 N–H and O–H groups in total. The zero-order valence-corrected chi connectivity index (χ0v) is 16.5. The Morgan fingerprint density at radius 1 is 1.42 bits per heavy atom. The number of ether oxygens (including phenoxy) is 2. The van der Waals surface area contributed by atoms with Gasteiger partial charge in [0.1, 0.15) is 23.1 Å². The Bertz CT molecular complexity index is 794. The van der Waals surface area contributed by atoms with E-state index in [9.17, 15) is 9.59 Å². The van der Waals surface area contributed by atoms with Crippen molar-refractivity contribution in [3.63, 3.8) is 0 Å². The van der Waals surface area contributed by atoms with Crippen LogP contribution in [0.5, 0.6) is 11.5 Å². The first-order chi connectivity index (χ1) is 12.2. The van der Waals surface area contributed by atoms with Gasteiger partial charge in [-0.05, 0) is 26.3 Å². The van der Waals surface area contributed by atoms with Gasteiger partial charge < -0.3 is 14.8 Å². The number of benzene rings is 1. The van der Waals surface area contributed by atoms with Crippen LogP contribution < -0.4 is 14.8 Å². The van der Waals surface area contributed by atoms with Crippen molar-refractivity contribution in [3.8, 4) is 11.5 Å². The van der Waals surface area contributed by atoms with Crippen LogP contribution in [0.15, 0.2) is 23.2 Å². The van der Waals surface area contributed by atoms with E-state index in [1.807, 2.05) is 25.1 Å². The topological polar surface area (TPSA) is 77.0 Å². The highest BCUT2D eigenvalue weighted by molar-refractivity contribution is 8.15. The van der Waals surface area contributed by atoms with E-state index in [-0.39, 0.29) is 11.7 Å². The van der Waals surface area contributed by atoms with E-state index in [0.29, 0.717) is 23.1 Å².